The Hall–Kier alpha value is -3.35. The highest BCUT2D eigenvalue weighted by Gasteiger charge is 2.34. The molecule has 0 fully saturated rings. The molecule has 1 N–H and O–H groups in total. The van der Waals surface area contributed by atoms with E-state index >= 15 is 0 Å². The molecule has 0 saturated carbocycles. The molecule has 1 aromatic rings. The van der Waals surface area contributed by atoms with Gasteiger partial charge in [-0.05, 0) is 49.1 Å². The number of amides is 2. The van der Waals surface area contributed by atoms with Gasteiger partial charge in [0.05, 0.1) is 27.0 Å². The Morgan fingerprint density at radius 1 is 1.10 bits per heavy atom. The summed E-state index contributed by atoms with van der Waals surface area (Å²) in [4.78, 5) is 29.3. The average molecular weight is 394 g/mol. The van der Waals surface area contributed by atoms with Crippen LogP contribution in [0.5, 0.6) is 17.2 Å². The minimum Gasteiger partial charge on any atom is -0.493 e. The van der Waals surface area contributed by atoms with E-state index < -0.39 is 5.91 Å². The van der Waals surface area contributed by atoms with Crippen molar-refractivity contribution in [2.24, 2.45) is 10.9 Å². The lowest BCUT2D eigenvalue weighted by molar-refractivity contribution is -0.117. The molecule has 0 spiro atoms. The van der Waals surface area contributed by atoms with Crippen molar-refractivity contribution in [2.75, 3.05) is 21.3 Å². The Kier molecular flexibility index (Phi) is 4.96. The molecule has 7 heteroatoms. The first-order chi connectivity index (χ1) is 14.0. The van der Waals surface area contributed by atoms with Crippen LogP contribution in [0, 0.1) is 5.92 Å². The number of hydrogen-bond donors (Lipinski definition) is 1. The predicted molar refractivity (Wildman–Crippen MR) is 108 cm³/mol. The maximum atomic E-state index is 12.8. The monoisotopic (exact) mass is 394 g/mol. The van der Waals surface area contributed by atoms with Gasteiger partial charge in [0.25, 0.3) is 11.8 Å². The Labute approximate surface area is 168 Å². The van der Waals surface area contributed by atoms with Gasteiger partial charge in [0.1, 0.15) is 0 Å². The molecule has 3 aliphatic rings. The minimum absolute atomic E-state index is 0.0365. The fourth-order valence-electron chi connectivity index (χ4n) is 4.05. The molecule has 1 aliphatic heterocycles. The summed E-state index contributed by atoms with van der Waals surface area (Å²) < 4.78 is 15.9. The smallest absolute Gasteiger partial charge is 0.277 e. The van der Waals surface area contributed by atoms with E-state index in [1.165, 1.54) is 26.9 Å². The molecule has 29 heavy (non-hydrogen) atoms. The van der Waals surface area contributed by atoms with Gasteiger partial charge >= 0.3 is 0 Å². The van der Waals surface area contributed by atoms with E-state index in [0.717, 1.165) is 30.5 Å². The zero-order valence-corrected chi connectivity index (χ0v) is 16.6. The molecular weight excluding hydrogens is 372 g/mol. The molecule has 0 radical (unpaired) electrons. The van der Waals surface area contributed by atoms with Crippen LogP contribution in [0.2, 0.25) is 0 Å². The number of rotatable bonds is 4. The summed E-state index contributed by atoms with van der Waals surface area (Å²) >= 11 is 0. The first-order valence-corrected chi connectivity index (χ1v) is 9.41. The molecule has 1 atom stereocenters. The Morgan fingerprint density at radius 3 is 2.48 bits per heavy atom. The molecule has 1 heterocycles. The summed E-state index contributed by atoms with van der Waals surface area (Å²) in [5, 5.41) is 2.95. The molecule has 2 aliphatic carbocycles. The SMILES string of the molecule is COc1cc(C(=O)N=C2C=CC3C(=C2)NC(=O)C2=C3CCC2)cc(OC)c1OC. The number of carbonyl (C=O) groups is 2. The number of hydrogen-bond acceptors (Lipinski definition) is 5. The van der Waals surface area contributed by atoms with Gasteiger partial charge in [0, 0.05) is 22.8 Å². The highest BCUT2D eigenvalue weighted by atomic mass is 16.5. The van der Waals surface area contributed by atoms with Gasteiger partial charge in [-0.3, -0.25) is 9.59 Å². The fraction of sp³-hybridized carbons (Fsp3) is 0.318. The van der Waals surface area contributed by atoms with Crippen molar-refractivity contribution in [1.82, 2.24) is 5.32 Å². The van der Waals surface area contributed by atoms with Gasteiger partial charge in [-0.2, -0.15) is 0 Å². The third-order valence-electron chi connectivity index (χ3n) is 5.41. The highest BCUT2D eigenvalue weighted by Crippen LogP contribution is 2.40. The maximum Gasteiger partial charge on any atom is 0.277 e. The normalized spacial score (nSPS) is 21.3. The Bertz CT molecular complexity index is 991. The molecule has 4 rings (SSSR count). The number of fused-ring (bicyclic) bond motifs is 2. The van der Waals surface area contributed by atoms with Crippen molar-refractivity contribution in [3.8, 4) is 17.2 Å². The first kappa shape index (κ1) is 19.0. The molecule has 1 unspecified atom stereocenters. The van der Waals surface area contributed by atoms with Crippen LogP contribution in [0.4, 0.5) is 0 Å². The number of carbonyl (C=O) groups excluding carboxylic acids is 2. The van der Waals surface area contributed by atoms with Crippen LogP contribution in [0.3, 0.4) is 0 Å². The van der Waals surface area contributed by atoms with Gasteiger partial charge in [-0.15, -0.1) is 0 Å². The van der Waals surface area contributed by atoms with Crippen LogP contribution >= 0.6 is 0 Å². The van der Waals surface area contributed by atoms with Crippen LogP contribution in [0.1, 0.15) is 29.6 Å². The number of benzene rings is 1. The molecule has 7 nitrogen and oxygen atoms in total. The molecular formula is C22H22N2O5. The summed E-state index contributed by atoms with van der Waals surface area (Å²) in [6.45, 7) is 0. The van der Waals surface area contributed by atoms with Gasteiger partial charge in [0.2, 0.25) is 5.75 Å². The van der Waals surface area contributed by atoms with Gasteiger partial charge < -0.3 is 19.5 Å². The summed E-state index contributed by atoms with van der Waals surface area (Å²) in [6.07, 6.45) is 8.36. The second-order valence-electron chi connectivity index (χ2n) is 7.00. The van der Waals surface area contributed by atoms with Gasteiger partial charge in [0.15, 0.2) is 11.5 Å². The van der Waals surface area contributed by atoms with E-state index in [1.807, 2.05) is 12.2 Å². The van der Waals surface area contributed by atoms with Crippen LogP contribution in [-0.4, -0.2) is 38.9 Å². The summed E-state index contributed by atoms with van der Waals surface area (Å²) in [5.41, 5.74) is 3.67. The number of allylic oxidation sites excluding steroid dienone is 3. The average Bonchev–Trinajstić information content (AvgIpc) is 3.23. The van der Waals surface area contributed by atoms with E-state index in [0.29, 0.717) is 28.5 Å². The lowest BCUT2D eigenvalue weighted by Crippen LogP contribution is -2.35. The van der Waals surface area contributed by atoms with Crippen molar-refractivity contribution in [3.05, 3.63) is 52.8 Å². The predicted octanol–water partition coefficient (Wildman–Crippen LogP) is 2.97. The second-order valence-corrected chi connectivity index (χ2v) is 7.00. The third kappa shape index (κ3) is 3.33. The molecule has 1 aromatic carbocycles. The van der Waals surface area contributed by atoms with Crippen LogP contribution in [-0.2, 0) is 4.79 Å². The van der Waals surface area contributed by atoms with Crippen molar-refractivity contribution in [3.63, 3.8) is 0 Å². The Balaban J connectivity index is 1.64. The van der Waals surface area contributed by atoms with E-state index in [4.69, 9.17) is 14.2 Å². The largest absolute Gasteiger partial charge is 0.493 e. The van der Waals surface area contributed by atoms with Gasteiger partial charge in [-0.1, -0.05) is 6.08 Å². The number of nitrogens with zero attached hydrogens (tertiary/aromatic N) is 1. The second kappa shape index (κ2) is 7.58. The summed E-state index contributed by atoms with van der Waals surface area (Å²) in [5.74, 6) is 0.766. The third-order valence-corrected chi connectivity index (χ3v) is 5.41. The topological polar surface area (TPSA) is 86.2 Å². The van der Waals surface area contributed by atoms with Crippen molar-refractivity contribution in [2.45, 2.75) is 19.3 Å². The lowest BCUT2D eigenvalue weighted by Gasteiger charge is -2.28. The molecule has 0 aromatic heterocycles. The maximum absolute atomic E-state index is 12.8. The van der Waals surface area contributed by atoms with Gasteiger partial charge in [-0.25, -0.2) is 4.99 Å². The zero-order chi connectivity index (χ0) is 20.5. The van der Waals surface area contributed by atoms with E-state index in [2.05, 4.69) is 10.3 Å². The van der Waals surface area contributed by atoms with Crippen molar-refractivity contribution >= 4 is 17.5 Å². The number of nitrogens with one attached hydrogen (secondary N) is 1. The highest BCUT2D eigenvalue weighted by molar-refractivity contribution is 6.14. The number of aliphatic imine (C=N–C) groups is 1. The van der Waals surface area contributed by atoms with Crippen LogP contribution < -0.4 is 19.5 Å². The standard InChI is InChI=1S/C22H22N2O5/c1-27-18-9-12(10-19(28-2)20(18)29-3)21(25)23-13-7-8-15-14-5-4-6-16(14)22(26)24-17(15)11-13/h7-11,15H,4-6H2,1-3H3,(H,24,26). The first-order valence-electron chi connectivity index (χ1n) is 9.41. The van der Waals surface area contributed by atoms with E-state index in [9.17, 15) is 9.59 Å². The zero-order valence-electron chi connectivity index (χ0n) is 16.6. The number of ether oxygens (including phenoxy) is 3. The minimum atomic E-state index is -0.442. The van der Waals surface area contributed by atoms with E-state index in [-0.39, 0.29) is 11.8 Å². The van der Waals surface area contributed by atoms with Crippen molar-refractivity contribution in [1.29, 1.82) is 0 Å². The Morgan fingerprint density at radius 2 is 1.83 bits per heavy atom. The van der Waals surface area contributed by atoms with E-state index in [1.54, 1.807) is 18.2 Å². The molecule has 150 valence electrons. The summed E-state index contributed by atoms with van der Waals surface area (Å²) in [6, 6.07) is 3.13. The van der Waals surface area contributed by atoms with Crippen LogP contribution in [0.15, 0.2) is 52.2 Å². The quantitative estimate of drug-likeness (QED) is 0.849. The van der Waals surface area contributed by atoms with Crippen molar-refractivity contribution < 1.29 is 23.8 Å². The summed E-state index contributed by atoms with van der Waals surface area (Å²) in [7, 11) is 4.48. The molecule has 0 saturated heterocycles. The lowest BCUT2D eigenvalue weighted by atomic mass is 9.85. The molecule has 2 amide bonds. The fourth-order valence-corrected chi connectivity index (χ4v) is 4.05. The van der Waals surface area contributed by atoms with Crippen LogP contribution in [0.25, 0.3) is 0 Å². The number of methoxy groups -OCH3 is 3. The molecule has 0 bridgehead atoms.